The Hall–Kier alpha value is -1.03. The van der Waals surface area contributed by atoms with E-state index in [2.05, 4.69) is 50.1 Å². The molecule has 0 aliphatic rings. The minimum atomic E-state index is 0.499. The molecule has 4 heteroatoms. The van der Waals surface area contributed by atoms with E-state index in [1.54, 1.807) is 0 Å². The van der Waals surface area contributed by atoms with Crippen LogP contribution >= 0.6 is 0 Å². The molecule has 104 valence electrons. The van der Waals surface area contributed by atoms with Crippen molar-refractivity contribution >= 4 is 5.82 Å². The van der Waals surface area contributed by atoms with Gasteiger partial charge in [-0.1, -0.05) is 27.2 Å². The van der Waals surface area contributed by atoms with Gasteiger partial charge in [0.15, 0.2) is 0 Å². The molecule has 0 amide bonds. The van der Waals surface area contributed by atoms with Crippen molar-refractivity contribution in [2.75, 3.05) is 18.5 Å². The standard InChI is InChI=1S/C14H28N4/c1-7-8-9-17(5)14-13(10-15-11(2)3)12(4)16-18(14)6/h11,15H,7-10H2,1-6H3. The summed E-state index contributed by atoms with van der Waals surface area (Å²) in [7, 11) is 4.19. The molecule has 0 atom stereocenters. The molecular formula is C14H28N4. The predicted octanol–water partition coefficient (Wildman–Crippen LogP) is 2.46. The zero-order chi connectivity index (χ0) is 13.7. The number of nitrogens with zero attached hydrogens (tertiary/aromatic N) is 3. The van der Waals surface area contributed by atoms with E-state index in [9.17, 15) is 0 Å². The summed E-state index contributed by atoms with van der Waals surface area (Å²) in [4.78, 5) is 2.32. The van der Waals surface area contributed by atoms with Gasteiger partial charge in [0.1, 0.15) is 5.82 Å². The van der Waals surface area contributed by atoms with E-state index in [1.165, 1.54) is 24.2 Å². The number of anilines is 1. The number of hydrogen-bond donors (Lipinski definition) is 1. The third-order valence-electron chi connectivity index (χ3n) is 3.21. The fourth-order valence-corrected chi connectivity index (χ4v) is 2.18. The largest absolute Gasteiger partial charge is 0.360 e. The summed E-state index contributed by atoms with van der Waals surface area (Å²) in [6, 6.07) is 0.499. The van der Waals surface area contributed by atoms with Crippen LogP contribution in [0.3, 0.4) is 0 Å². The summed E-state index contributed by atoms with van der Waals surface area (Å²) in [6.07, 6.45) is 2.44. The van der Waals surface area contributed by atoms with Crippen molar-refractivity contribution in [1.82, 2.24) is 15.1 Å². The average Bonchev–Trinajstić information content (AvgIpc) is 2.58. The quantitative estimate of drug-likeness (QED) is 0.809. The van der Waals surface area contributed by atoms with Crippen LogP contribution in [0.15, 0.2) is 0 Å². The first-order valence-corrected chi connectivity index (χ1v) is 6.94. The van der Waals surface area contributed by atoms with Crippen LogP contribution in [0.5, 0.6) is 0 Å². The minimum absolute atomic E-state index is 0.499. The third-order valence-corrected chi connectivity index (χ3v) is 3.21. The molecule has 1 rings (SSSR count). The first-order chi connectivity index (χ1) is 8.47. The molecule has 18 heavy (non-hydrogen) atoms. The average molecular weight is 252 g/mol. The molecule has 4 nitrogen and oxygen atoms in total. The second-order valence-corrected chi connectivity index (χ2v) is 5.32. The van der Waals surface area contributed by atoms with Gasteiger partial charge in [-0.3, -0.25) is 4.68 Å². The van der Waals surface area contributed by atoms with Crippen molar-refractivity contribution in [3.8, 4) is 0 Å². The fourth-order valence-electron chi connectivity index (χ4n) is 2.18. The highest BCUT2D eigenvalue weighted by molar-refractivity contribution is 5.49. The summed E-state index contributed by atoms with van der Waals surface area (Å²) >= 11 is 0. The molecule has 0 aliphatic carbocycles. The molecule has 0 saturated carbocycles. The minimum Gasteiger partial charge on any atom is -0.360 e. The van der Waals surface area contributed by atoms with Gasteiger partial charge in [-0.2, -0.15) is 5.10 Å². The van der Waals surface area contributed by atoms with E-state index in [4.69, 9.17) is 0 Å². The number of rotatable bonds is 7. The van der Waals surface area contributed by atoms with Crippen LogP contribution in [0.25, 0.3) is 0 Å². The maximum atomic E-state index is 4.55. The fraction of sp³-hybridized carbons (Fsp3) is 0.786. The Morgan fingerprint density at radius 3 is 2.61 bits per heavy atom. The Morgan fingerprint density at radius 1 is 1.39 bits per heavy atom. The highest BCUT2D eigenvalue weighted by atomic mass is 15.4. The Balaban J connectivity index is 2.87. The van der Waals surface area contributed by atoms with Crippen molar-refractivity contribution in [2.24, 2.45) is 7.05 Å². The SMILES string of the molecule is CCCCN(C)c1c(CNC(C)C)c(C)nn1C. The van der Waals surface area contributed by atoms with Crippen LogP contribution in [-0.4, -0.2) is 29.4 Å². The number of hydrogen-bond acceptors (Lipinski definition) is 3. The van der Waals surface area contributed by atoms with E-state index >= 15 is 0 Å². The van der Waals surface area contributed by atoms with E-state index in [0.717, 1.165) is 18.8 Å². The number of aryl methyl sites for hydroxylation is 2. The Morgan fingerprint density at radius 2 is 2.06 bits per heavy atom. The highest BCUT2D eigenvalue weighted by Gasteiger charge is 2.16. The van der Waals surface area contributed by atoms with Gasteiger partial charge in [0.05, 0.1) is 5.69 Å². The lowest BCUT2D eigenvalue weighted by Gasteiger charge is -2.21. The number of nitrogens with one attached hydrogen (secondary N) is 1. The maximum absolute atomic E-state index is 4.55. The molecule has 0 bridgehead atoms. The van der Waals surface area contributed by atoms with Crippen LogP contribution in [0.1, 0.15) is 44.9 Å². The molecule has 0 aliphatic heterocycles. The van der Waals surface area contributed by atoms with Crippen LogP contribution in [0.2, 0.25) is 0 Å². The molecule has 0 radical (unpaired) electrons. The first-order valence-electron chi connectivity index (χ1n) is 6.94. The normalized spacial score (nSPS) is 11.3. The number of unbranched alkanes of at least 4 members (excludes halogenated alkanes) is 1. The second kappa shape index (κ2) is 6.78. The Bertz CT molecular complexity index is 368. The van der Waals surface area contributed by atoms with E-state index in [-0.39, 0.29) is 0 Å². The molecule has 1 aromatic rings. The van der Waals surface area contributed by atoms with Gasteiger partial charge in [-0.25, -0.2) is 0 Å². The van der Waals surface area contributed by atoms with Gasteiger partial charge in [0.25, 0.3) is 0 Å². The van der Waals surface area contributed by atoms with Gasteiger partial charge >= 0.3 is 0 Å². The molecule has 0 spiro atoms. The van der Waals surface area contributed by atoms with Crippen molar-refractivity contribution in [2.45, 2.75) is 53.1 Å². The van der Waals surface area contributed by atoms with Gasteiger partial charge in [-0.15, -0.1) is 0 Å². The Labute approximate surface area is 111 Å². The molecule has 1 heterocycles. The summed E-state index contributed by atoms with van der Waals surface area (Å²) in [5.74, 6) is 1.24. The summed E-state index contributed by atoms with van der Waals surface area (Å²) in [5, 5.41) is 8.04. The predicted molar refractivity (Wildman–Crippen MR) is 78.1 cm³/mol. The molecule has 0 fully saturated rings. The van der Waals surface area contributed by atoms with Crippen LogP contribution in [0, 0.1) is 6.92 Å². The third kappa shape index (κ3) is 3.73. The topological polar surface area (TPSA) is 33.1 Å². The van der Waals surface area contributed by atoms with Gasteiger partial charge in [-0.05, 0) is 13.3 Å². The lowest BCUT2D eigenvalue weighted by Crippen LogP contribution is -2.26. The molecule has 0 unspecified atom stereocenters. The van der Waals surface area contributed by atoms with Crippen molar-refractivity contribution < 1.29 is 0 Å². The monoisotopic (exact) mass is 252 g/mol. The van der Waals surface area contributed by atoms with Gasteiger partial charge < -0.3 is 10.2 Å². The highest BCUT2D eigenvalue weighted by Crippen LogP contribution is 2.22. The molecular weight excluding hydrogens is 224 g/mol. The van der Waals surface area contributed by atoms with E-state index in [0.29, 0.717) is 6.04 Å². The van der Waals surface area contributed by atoms with Crippen molar-refractivity contribution in [3.63, 3.8) is 0 Å². The van der Waals surface area contributed by atoms with Crippen LogP contribution < -0.4 is 10.2 Å². The smallest absolute Gasteiger partial charge is 0.131 e. The van der Waals surface area contributed by atoms with Crippen LogP contribution in [0.4, 0.5) is 5.82 Å². The maximum Gasteiger partial charge on any atom is 0.131 e. The summed E-state index contributed by atoms with van der Waals surface area (Å²) in [6.45, 7) is 10.6. The lowest BCUT2D eigenvalue weighted by atomic mass is 10.2. The van der Waals surface area contributed by atoms with Crippen LogP contribution in [-0.2, 0) is 13.6 Å². The zero-order valence-electron chi connectivity index (χ0n) is 12.7. The first kappa shape index (κ1) is 15.0. The van der Waals surface area contributed by atoms with Gasteiger partial charge in [0, 0.05) is 38.8 Å². The second-order valence-electron chi connectivity index (χ2n) is 5.32. The zero-order valence-corrected chi connectivity index (χ0v) is 12.7. The van der Waals surface area contributed by atoms with E-state index in [1.807, 2.05) is 11.7 Å². The van der Waals surface area contributed by atoms with E-state index < -0.39 is 0 Å². The lowest BCUT2D eigenvalue weighted by molar-refractivity contribution is 0.586. The molecule has 0 saturated heterocycles. The van der Waals surface area contributed by atoms with Crippen molar-refractivity contribution in [3.05, 3.63) is 11.3 Å². The number of aromatic nitrogens is 2. The molecule has 1 N–H and O–H groups in total. The summed E-state index contributed by atoms with van der Waals surface area (Å²) < 4.78 is 2.00. The van der Waals surface area contributed by atoms with Gasteiger partial charge in [0.2, 0.25) is 0 Å². The molecule has 1 aromatic heterocycles. The Kier molecular flexibility index (Phi) is 5.66. The van der Waals surface area contributed by atoms with Crippen molar-refractivity contribution in [1.29, 1.82) is 0 Å². The molecule has 0 aromatic carbocycles. The summed E-state index contributed by atoms with van der Waals surface area (Å²) in [5.41, 5.74) is 2.45.